The summed E-state index contributed by atoms with van der Waals surface area (Å²) < 4.78 is 2.27. The highest BCUT2D eigenvalue weighted by Gasteiger charge is 2.25. The van der Waals surface area contributed by atoms with E-state index < -0.39 is 0 Å². The van der Waals surface area contributed by atoms with Gasteiger partial charge in [-0.15, -0.1) is 10.2 Å². The van der Waals surface area contributed by atoms with Gasteiger partial charge >= 0.3 is 0 Å². The standard InChI is InChI=1S/C13H20N4O/c1-10-8-16(7-5-11(10)18)9-13-15-14-12-4-2-3-6-17(12)13/h10H,2-9H2,1H3. The number of aromatic nitrogens is 3. The summed E-state index contributed by atoms with van der Waals surface area (Å²) in [4.78, 5) is 13.8. The summed E-state index contributed by atoms with van der Waals surface area (Å²) in [6.45, 7) is 5.64. The molecule has 98 valence electrons. The van der Waals surface area contributed by atoms with Crippen LogP contribution in [0.25, 0.3) is 0 Å². The van der Waals surface area contributed by atoms with Gasteiger partial charge in [0, 0.05) is 38.4 Å². The Labute approximate surface area is 107 Å². The predicted molar refractivity (Wildman–Crippen MR) is 67.0 cm³/mol. The second-order valence-electron chi connectivity index (χ2n) is 5.49. The Balaban J connectivity index is 1.69. The van der Waals surface area contributed by atoms with Crippen molar-refractivity contribution in [2.75, 3.05) is 13.1 Å². The number of aryl methyl sites for hydroxylation is 1. The number of piperidine rings is 1. The van der Waals surface area contributed by atoms with Crippen molar-refractivity contribution in [3.63, 3.8) is 0 Å². The van der Waals surface area contributed by atoms with Crippen LogP contribution in [0.2, 0.25) is 0 Å². The highest BCUT2D eigenvalue weighted by atomic mass is 16.1. The average Bonchev–Trinajstić information content (AvgIpc) is 2.78. The molecule has 2 aliphatic rings. The Kier molecular flexibility index (Phi) is 3.16. The number of ketones is 1. The Morgan fingerprint density at radius 3 is 2.94 bits per heavy atom. The van der Waals surface area contributed by atoms with Crippen molar-refractivity contribution in [3.8, 4) is 0 Å². The van der Waals surface area contributed by atoms with Crippen LogP contribution < -0.4 is 0 Å². The molecule has 0 bridgehead atoms. The van der Waals surface area contributed by atoms with E-state index in [-0.39, 0.29) is 5.92 Å². The van der Waals surface area contributed by atoms with E-state index in [1.807, 2.05) is 6.92 Å². The zero-order chi connectivity index (χ0) is 12.5. The first-order valence-corrected chi connectivity index (χ1v) is 6.90. The molecule has 5 nitrogen and oxygen atoms in total. The lowest BCUT2D eigenvalue weighted by atomic mass is 9.99. The molecule has 0 saturated carbocycles. The van der Waals surface area contributed by atoms with E-state index in [9.17, 15) is 4.79 Å². The Morgan fingerprint density at radius 2 is 2.11 bits per heavy atom. The second-order valence-corrected chi connectivity index (χ2v) is 5.49. The van der Waals surface area contributed by atoms with Gasteiger partial charge < -0.3 is 4.57 Å². The molecule has 0 amide bonds. The molecule has 1 saturated heterocycles. The van der Waals surface area contributed by atoms with E-state index >= 15 is 0 Å². The Morgan fingerprint density at radius 1 is 1.22 bits per heavy atom. The summed E-state index contributed by atoms with van der Waals surface area (Å²) in [6, 6.07) is 0. The van der Waals surface area contributed by atoms with E-state index in [1.54, 1.807) is 0 Å². The summed E-state index contributed by atoms with van der Waals surface area (Å²) in [5, 5.41) is 8.60. The summed E-state index contributed by atoms with van der Waals surface area (Å²) in [5.74, 6) is 2.78. The van der Waals surface area contributed by atoms with Crippen LogP contribution in [0, 0.1) is 5.92 Å². The van der Waals surface area contributed by atoms with Crippen LogP contribution in [0.3, 0.4) is 0 Å². The maximum atomic E-state index is 11.5. The molecule has 1 unspecified atom stereocenters. The minimum absolute atomic E-state index is 0.169. The molecule has 0 spiro atoms. The highest BCUT2D eigenvalue weighted by Crippen LogP contribution is 2.18. The maximum absolute atomic E-state index is 11.5. The molecule has 3 heterocycles. The Hall–Kier alpha value is -1.23. The molecule has 0 aromatic carbocycles. The van der Waals surface area contributed by atoms with Gasteiger partial charge in [-0.3, -0.25) is 9.69 Å². The quantitative estimate of drug-likeness (QED) is 0.784. The van der Waals surface area contributed by atoms with E-state index in [0.29, 0.717) is 12.2 Å². The first-order chi connectivity index (χ1) is 8.74. The van der Waals surface area contributed by atoms with E-state index in [1.165, 1.54) is 12.8 Å². The van der Waals surface area contributed by atoms with Crippen molar-refractivity contribution >= 4 is 5.78 Å². The molecule has 2 aliphatic heterocycles. The molecule has 1 aromatic rings. The second kappa shape index (κ2) is 4.80. The van der Waals surface area contributed by atoms with Crippen molar-refractivity contribution in [1.82, 2.24) is 19.7 Å². The van der Waals surface area contributed by atoms with Gasteiger partial charge in [-0.05, 0) is 12.8 Å². The number of carbonyl (C=O) groups is 1. The highest BCUT2D eigenvalue weighted by molar-refractivity contribution is 5.81. The lowest BCUT2D eigenvalue weighted by Crippen LogP contribution is -2.39. The summed E-state index contributed by atoms with van der Waals surface area (Å²) in [6.07, 6.45) is 4.20. The first-order valence-electron chi connectivity index (χ1n) is 6.90. The fourth-order valence-corrected chi connectivity index (χ4v) is 2.92. The van der Waals surface area contributed by atoms with Gasteiger partial charge in [0.15, 0.2) is 0 Å². The van der Waals surface area contributed by atoms with Gasteiger partial charge in [-0.2, -0.15) is 0 Å². The van der Waals surface area contributed by atoms with Gasteiger partial charge in [0.2, 0.25) is 0 Å². The van der Waals surface area contributed by atoms with Crippen LogP contribution in [0.1, 0.15) is 37.8 Å². The third kappa shape index (κ3) is 2.19. The number of Topliss-reactive ketones (excluding diaryl/α,β-unsaturated/α-hetero) is 1. The largest absolute Gasteiger partial charge is 0.314 e. The van der Waals surface area contributed by atoms with Crippen molar-refractivity contribution in [2.45, 2.75) is 45.7 Å². The maximum Gasteiger partial charge on any atom is 0.147 e. The summed E-state index contributed by atoms with van der Waals surface area (Å²) >= 11 is 0. The minimum Gasteiger partial charge on any atom is -0.314 e. The summed E-state index contributed by atoms with van der Waals surface area (Å²) in [5.41, 5.74) is 0. The van der Waals surface area contributed by atoms with Crippen LogP contribution in [0.4, 0.5) is 0 Å². The molecular formula is C13H20N4O. The predicted octanol–water partition coefficient (Wildman–Crippen LogP) is 1.03. The molecule has 0 N–H and O–H groups in total. The SMILES string of the molecule is CC1CN(Cc2nnc3n2CCCC3)CCC1=O. The van der Waals surface area contributed by atoms with Crippen molar-refractivity contribution in [1.29, 1.82) is 0 Å². The van der Waals surface area contributed by atoms with Crippen LogP contribution in [-0.2, 0) is 24.3 Å². The fraction of sp³-hybridized carbons (Fsp3) is 0.769. The third-order valence-corrected chi connectivity index (χ3v) is 4.06. The first kappa shape index (κ1) is 11.8. The monoisotopic (exact) mass is 248 g/mol. The number of fused-ring (bicyclic) bond motifs is 1. The van der Waals surface area contributed by atoms with Crippen LogP contribution in [-0.4, -0.2) is 38.5 Å². The smallest absolute Gasteiger partial charge is 0.147 e. The lowest BCUT2D eigenvalue weighted by molar-refractivity contribution is -0.125. The van der Waals surface area contributed by atoms with Gasteiger partial charge in [0.05, 0.1) is 6.54 Å². The zero-order valence-electron chi connectivity index (χ0n) is 10.9. The van der Waals surface area contributed by atoms with E-state index in [2.05, 4.69) is 19.7 Å². The van der Waals surface area contributed by atoms with Crippen LogP contribution in [0.15, 0.2) is 0 Å². The molecule has 3 rings (SSSR count). The topological polar surface area (TPSA) is 51.0 Å². The van der Waals surface area contributed by atoms with Crippen LogP contribution >= 0.6 is 0 Å². The number of rotatable bonds is 2. The van der Waals surface area contributed by atoms with Gasteiger partial charge in [-0.1, -0.05) is 6.92 Å². The van der Waals surface area contributed by atoms with E-state index in [0.717, 1.165) is 44.2 Å². The fourth-order valence-electron chi connectivity index (χ4n) is 2.92. The van der Waals surface area contributed by atoms with E-state index in [4.69, 9.17) is 0 Å². The molecule has 1 aromatic heterocycles. The Bertz CT molecular complexity index is 454. The minimum atomic E-state index is 0.169. The molecule has 1 fully saturated rings. The lowest BCUT2D eigenvalue weighted by Gasteiger charge is -2.29. The van der Waals surface area contributed by atoms with Gasteiger partial charge in [-0.25, -0.2) is 0 Å². The normalized spacial score (nSPS) is 25.2. The number of likely N-dealkylation sites (tertiary alicyclic amines) is 1. The molecular weight excluding hydrogens is 228 g/mol. The molecule has 18 heavy (non-hydrogen) atoms. The number of hydrogen-bond donors (Lipinski definition) is 0. The number of nitrogens with zero attached hydrogens (tertiary/aromatic N) is 4. The molecule has 0 aliphatic carbocycles. The van der Waals surface area contributed by atoms with Crippen molar-refractivity contribution in [3.05, 3.63) is 11.6 Å². The van der Waals surface area contributed by atoms with Crippen molar-refractivity contribution < 1.29 is 4.79 Å². The van der Waals surface area contributed by atoms with Crippen molar-refractivity contribution in [2.24, 2.45) is 5.92 Å². The molecule has 0 radical (unpaired) electrons. The zero-order valence-corrected chi connectivity index (χ0v) is 10.9. The summed E-state index contributed by atoms with van der Waals surface area (Å²) in [7, 11) is 0. The number of carbonyl (C=O) groups excluding carboxylic acids is 1. The molecule has 5 heteroatoms. The van der Waals surface area contributed by atoms with Gasteiger partial charge in [0.25, 0.3) is 0 Å². The van der Waals surface area contributed by atoms with Crippen LogP contribution in [0.5, 0.6) is 0 Å². The third-order valence-electron chi connectivity index (χ3n) is 4.06. The number of hydrogen-bond acceptors (Lipinski definition) is 4. The average molecular weight is 248 g/mol. The van der Waals surface area contributed by atoms with Gasteiger partial charge in [0.1, 0.15) is 17.4 Å². The molecule has 1 atom stereocenters.